The molecule has 0 aliphatic carbocycles. The molecule has 0 amide bonds. The van der Waals surface area contributed by atoms with Gasteiger partial charge in [-0.05, 0) is 19.2 Å². The van der Waals surface area contributed by atoms with E-state index in [-0.39, 0.29) is 0 Å². The van der Waals surface area contributed by atoms with Gasteiger partial charge in [0.1, 0.15) is 5.75 Å². The number of carbonyl (C=O) groups excluding carboxylic acids is 2. The van der Waals surface area contributed by atoms with Gasteiger partial charge in [0.2, 0.25) is 6.04 Å². The topological polar surface area (TPSA) is 73.9 Å². The zero-order valence-electron chi connectivity index (χ0n) is 9.51. The van der Waals surface area contributed by atoms with E-state index in [2.05, 4.69) is 15.1 Å². The van der Waals surface area contributed by atoms with Crippen LogP contribution in [0.1, 0.15) is 0 Å². The van der Waals surface area contributed by atoms with Gasteiger partial charge in [-0.2, -0.15) is 4.89 Å². The molecule has 0 heterocycles. The summed E-state index contributed by atoms with van der Waals surface area (Å²) in [7, 11) is 2.61. The first kappa shape index (κ1) is 13.1. The normalized spacial score (nSPS) is 11.6. The molecule has 1 atom stereocenters. The zero-order chi connectivity index (χ0) is 12.7. The van der Waals surface area contributed by atoms with Gasteiger partial charge in [0, 0.05) is 0 Å². The first-order valence-electron chi connectivity index (χ1n) is 4.87. The maximum atomic E-state index is 11.6. The molecule has 6 nitrogen and oxygen atoms in total. The minimum absolute atomic E-state index is 0.350. The summed E-state index contributed by atoms with van der Waals surface area (Å²) in [5.74, 6) is -1.28. The summed E-state index contributed by atoms with van der Waals surface area (Å²) in [6.45, 7) is 0. The Bertz CT molecular complexity index is 379. The van der Waals surface area contributed by atoms with Crippen molar-refractivity contribution in [2.75, 3.05) is 14.2 Å². The molecule has 1 rings (SSSR count). The molecule has 0 saturated heterocycles. The monoisotopic (exact) mass is 239 g/mol. The van der Waals surface area contributed by atoms with E-state index >= 15 is 0 Å². The third kappa shape index (κ3) is 3.86. The Morgan fingerprint density at radius 3 is 2.35 bits per heavy atom. The first-order valence-corrected chi connectivity index (χ1v) is 4.87. The number of nitrogens with one attached hydrogen (secondary N) is 1. The van der Waals surface area contributed by atoms with Gasteiger partial charge in [-0.25, -0.2) is 9.59 Å². The summed E-state index contributed by atoms with van der Waals surface area (Å²) >= 11 is 0. The minimum Gasteiger partial charge on any atom is -0.425 e. The molecule has 0 radical (unpaired) electrons. The van der Waals surface area contributed by atoms with Crippen molar-refractivity contribution in [2.45, 2.75) is 6.04 Å². The fourth-order valence-electron chi connectivity index (χ4n) is 1.13. The molecule has 0 aromatic heterocycles. The van der Waals surface area contributed by atoms with Crippen molar-refractivity contribution >= 4 is 11.9 Å². The van der Waals surface area contributed by atoms with Crippen LogP contribution >= 0.6 is 0 Å². The molecule has 17 heavy (non-hydrogen) atoms. The Morgan fingerprint density at radius 2 is 1.82 bits per heavy atom. The van der Waals surface area contributed by atoms with Gasteiger partial charge < -0.3 is 4.74 Å². The van der Waals surface area contributed by atoms with E-state index in [1.807, 2.05) is 0 Å². The van der Waals surface area contributed by atoms with Crippen molar-refractivity contribution in [2.24, 2.45) is 0 Å². The second-order valence-corrected chi connectivity index (χ2v) is 3.02. The Morgan fingerprint density at radius 1 is 1.18 bits per heavy atom. The Balaban J connectivity index is 2.64. The van der Waals surface area contributed by atoms with Crippen molar-refractivity contribution in [3.05, 3.63) is 30.3 Å². The van der Waals surface area contributed by atoms with Crippen molar-refractivity contribution in [3.63, 3.8) is 0 Å². The summed E-state index contributed by atoms with van der Waals surface area (Å²) in [5, 5.41) is 2.48. The van der Waals surface area contributed by atoms with Crippen molar-refractivity contribution in [1.82, 2.24) is 5.32 Å². The Labute approximate surface area is 98.4 Å². The molecule has 1 aromatic carbocycles. The lowest BCUT2D eigenvalue weighted by molar-refractivity contribution is -0.256. The van der Waals surface area contributed by atoms with Crippen molar-refractivity contribution in [3.8, 4) is 5.75 Å². The molecule has 0 aliphatic heterocycles. The van der Waals surface area contributed by atoms with E-state index in [1.165, 1.54) is 14.2 Å². The van der Waals surface area contributed by atoms with Crippen LogP contribution < -0.4 is 10.1 Å². The summed E-state index contributed by atoms with van der Waals surface area (Å²) in [4.78, 5) is 31.4. The smallest absolute Gasteiger partial charge is 0.370 e. The summed E-state index contributed by atoms with van der Waals surface area (Å²) in [6.07, 6.45) is 0. The van der Waals surface area contributed by atoms with Crippen LogP contribution in [-0.4, -0.2) is 32.1 Å². The van der Waals surface area contributed by atoms with Gasteiger partial charge in [0.05, 0.1) is 7.11 Å². The standard InChI is InChI=1S/C11H13NO5/c1-12-9(11(14)17-15-2)10(13)16-8-6-4-3-5-7-8/h3-7,9,12H,1-2H3/t9-/m0/s1. The highest BCUT2D eigenvalue weighted by atomic mass is 17.2. The van der Waals surface area contributed by atoms with Gasteiger partial charge in [0.15, 0.2) is 0 Å². The van der Waals surface area contributed by atoms with Crippen LogP contribution in [0.4, 0.5) is 0 Å². The second kappa shape index (κ2) is 6.62. The maximum Gasteiger partial charge on any atom is 0.370 e. The van der Waals surface area contributed by atoms with Crippen molar-refractivity contribution in [1.29, 1.82) is 0 Å². The molecule has 0 bridgehead atoms. The lowest BCUT2D eigenvalue weighted by Crippen LogP contribution is -2.44. The van der Waals surface area contributed by atoms with E-state index in [4.69, 9.17) is 4.74 Å². The maximum absolute atomic E-state index is 11.6. The molecule has 92 valence electrons. The van der Waals surface area contributed by atoms with Crippen LogP contribution in [0.2, 0.25) is 0 Å². The van der Waals surface area contributed by atoms with Crippen LogP contribution in [-0.2, 0) is 19.4 Å². The zero-order valence-corrected chi connectivity index (χ0v) is 9.51. The largest absolute Gasteiger partial charge is 0.425 e. The van der Waals surface area contributed by atoms with Crippen LogP contribution in [0.25, 0.3) is 0 Å². The summed E-state index contributed by atoms with van der Waals surface area (Å²) in [6, 6.07) is 7.19. The quantitative estimate of drug-likeness (QED) is 0.262. The number of likely N-dealkylation sites (N-methyl/N-ethyl adjacent to an activating group) is 1. The number of hydrogen-bond donors (Lipinski definition) is 1. The molecule has 0 spiro atoms. The highest BCUT2D eigenvalue weighted by Gasteiger charge is 2.29. The predicted molar refractivity (Wildman–Crippen MR) is 58.0 cm³/mol. The molecule has 1 aromatic rings. The lowest BCUT2D eigenvalue weighted by atomic mass is 10.3. The molecule has 0 saturated carbocycles. The Hall–Kier alpha value is -1.92. The highest BCUT2D eigenvalue weighted by Crippen LogP contribution is 2.09. The average Bonchev–Trinajstić information content (AvgIpc) is 2.31. The molecule has 0 fully saturated rings. The van der Waals surface area contributed by atoms with E-state index in [0.29, 0.717) is 5.75 Å². The van der Waals surface area contributed by atoms with Crippen LogP contribution in [0.15, 0.2) is 30.3 Å². The second-order valence-electron chi connectivity index (χ2n) is 3.02. The number of hydrogen-bond acceptors (Lipinski definition) is 6. The molecule has 0 aliphatic rings. The van der Waals surface area contributed by atoms with Gasteiger partial charge in [-0.1, -0.05) is 18.2 Å². The number of ether oxygens (including phenoxy) is 1. The first-order chi connectivity index (χ1) is 8.19. The minimum atomic E-state index is -1.23. The van der Waals surface area contributed by atoms with Crippen LogP contribution in [0, 0.1) is 0 Å². The SMILES string of the molecule is CN[C@H](C(=O)OOC)C(=O)Oc1ccccc1. The average molecular weight is 239 g/mol. The van der Waals surface area contributed by atoms with Gasteiger partial charge in [-0.15, -0.1) is 0 Å². The highest BCUT2D eigenvalue weighted by molar-refractivity contribution is 5.99. The lowest BCUT2D eigenvalue weighted by Gasteiger charge is -2.12. The fraction of sp³-hybridized carbons (Fsp3) is 0.273. The van der Waals surface area contributed by atoms with Crippen molar-refractivity contribution < 1.29 is 24.1 Å². The van der Waals surface area contributed by atoms with Gasteiger partial charge >= 0.3 is 11.9 Å². The third-order valence-electron chi connectivity index (χ3n) is 1.89. The van der Waals surface area contributed by atoms with Crippen LogP contribution in [0.3, 0.4) is 0 Å². The van der Waals surface area contributed by atoms with E-state index in [0.717, 1.165) is 0 Å². The molecular formula is C11H13NO5. The van der Waals surface area contributed by atoms with Crippen LogP contribution in [0.5, 0.6) is 5.75 Å². The van der Waals surface area contributed by atoms with E-state index in [1.54, 1.807) is 30.3 Å². The number of carbonyl (C=O) groups is 2. The predicted octanol–water partition coefficient (Wildman–Crippen LogP) is 0.285. The number of para-hydroxylation sites is 1. The number of rotatable bonds is 5. The van der Waals surface area contributed by atoms with E-state index in [9.17, 15) is 9.59 Å². The number of benzene rings is 1. The molecule has 0 unspecified atom stereocenters. The third-order valence-corrected chi connectivity index (χ3v) is 1.89. The fourth-order valence-corrected chi connectivity index (χ4v) is 1.13. The molecule has 6 heteroatoms. The summed E-state index contributed by atoms with van der Waals surface area (Å²) in [5.41, 5.74) is 0. The Kier molecular flexibility index (Phi) is 5.12. The van der Waals surface area contributed by atoms with Gasteiger partial charge in [0.25, 0.3) is 0 Å². The molecular weight excluding hydrogens is 226 g/mol. The number of esters is 1. The summed E-state index contributed by atoms with van der Waals surface area (Å²) < 4.78 is 4.98. The molecule has 1 N–H and O–H groups in total. The van der Waals surface area contributed by atoms with Gasteiger partial charge in [-0.3, -0.25) is 10.2 Å². The van der Waals surface area contributed by atoms with E-state index < -0.39 is 18.0 Å².